The Bertz CT molecular complexity index is 1280. The summed E-state index contributed by atoms with van der Waals surface area (Å²) in [5.74, 6) is 1.33. The first kappa shape index (κ1) is 23.9. The number of H-pyrrole nitrogens is 1. The molecule has 1 aromatic carbocycles. The minimum Gasteiger partial charge on any atom is -0.379 e. The number of morpholine rings is 1. The minimum atomic E-state index is -3.59. The molecule has 33 heavy (non-hydrogen) atoms. The van der Waals surface area contributed by atoms with Crippen molar-refractivity contribution in [3.05, 3.63) is 46.1 Å². The van der Waals surface area contributed by atoms with Gasteiger partial charge in [0.1, 0.15) is 5.82 Å². The van der Waals surface area contributed by atoms with Crippen LogP contribution in [0.15, 0.2) is 39.1 Å². The van der Waals surface area contributed by atoms with Gasteiger partial charge in [-0.2, -0.15) is 4.31 Å². The average Bonchev–Trinajstić information content (AvgIpc) is 3.15. The van der Waals surface area contributed by atoms with Crippen molar-refractivity contribution < 1.29 is 13.2 Å². The fourth-order valence-corrected chi connectivity index (χ4v) is 6.18. The lowest BCUT2D eigenvalue weighted by atomic mass is 10.2. The Labute approximate surface area is 197 Å². The van der Waals surface area contributed by atoms with Gasteiger partial charge in [-0.25, -0.2) is 18.4 Å². The summed E-state index contributed by atoms with van der Waals surface area (Å²) in [5, 5.41) is 0.566. The maximum atomic E-state index is 13.1. The molecule has 0 bridgehead atoms. The van der Waals surface area contributed by atoms with Gasteiger partial charge in [0.15, 0.2) is 5.16 Å². The number of hydrogen-bond donors (Lipinski definition) is 1. The number of aromatic nitrogens is 4. The molecule has 1 fully saturated rings. The second kappa shape index (κ2) is 10.4. The number of thioether (sulfide) groups is 1. The molecule has 3 heterocycles. The largest absolute Gasteiger partial charge is 0.379 e. The van der Waals surface area contributed by atoms with Crippen molar-refractivity contribution in [1.82, 2.24) is 23.8 Å². The van der Waals surface area contributed by atoms with Crippen molar-refractivity contribution in [2.45, 2.75) is 55.5 Å². The molecule has 11 heteroatoms. The Kier molecular flexibility index (Phi) is 7.52. The van der Waals surface area contributed by atoms with Crippen molar-refractivity contribution in [3.63, 3.8) is 0 Å². The molecule has 0 unspecified atom stereocenters. The van der Waals surface area contributed by atoms with Crippen LogP contribution in [0.4, 0.5) is 0 Å². The number of imidazole rings is 1. The molecule has 0 radical (unpaired) electrons. The molecular weight excluding hydrogens is 462 g/mol. The van der Waals surface area contributed by atoms with E-state index in [0.717, 1.165) is 42.8 Å². The molecule has 9 nitrogen and oxygen atoms in total. The number of hydrogen-bond acceptors (Lipinski definition) is 7. The van der Waals surface area contributed by atoms with E-state index in [2.05, 4.69) is 28.4 Å². The van der Waals surface area contributed by atoms with Crippen molar-refractivity contribution in [1.29, 1.82) is 0 Å². The first-order valence-corrected chi connectivity index (χ1v) is 13.6. The molecule has 0 amide bonds. The fourth-order valence-electron chi connectivity index (χ4n) is 3.91. The number of benzene rings is 1. The summed E-state index contributed by atoms with van der Waals surface area (Å²) in [6, 6.07) is 6.69. The van der Waals surface area contributed by atoms with E-state index >= 15 is 0 Å². The van der Waals surface area contributed by atoms with Crippen molar-refractivity contribution in [2.24, 2.45) is 0 Å². The van der Waals surface area contributed by atoms with E-state index in [1.807, 2.05) is 6.07 Å². The Morgan fingerprint density at radius 3 is 2.64 bits per heavy atom. The number of nitrogens with zero attached hydrogens (tertiary/aromatic N) is 4. The van der Waals surface area contributed by atoms with Crippen LogP contribution >= 0.6 is 11.8 Å². The zero-order valence-electron chi connectivity index (χ0n) is 18.9. The third-order valence-electron chi connectivity index (χ3n) is 5.47. The summed E-state index contributed by atoms with van der Waals surface area (Å²) in [6.45, 7) is 6.43. The van der Waals surface area contributed by atoms with Crippen LogP contribution in [0, 0.1) is 0 Å². The van der Waals surface area contributed by atoms with E-state index in [1.54, 1.807) is 12.1 Å². The van der Waals surface area contributed by atoms with Crippen molar-refractivity contribution in [3.8, 4) is 0 Å². The summed E-state index contributed by atoms with van der Waals surface area (Å²) in [6.07, 6.45) is 2.59. The summed E-state index contributed by atoms with van der Waals surface area (Å²) in [7, 11) is -3.59. The Balaban J connectivity index is 1.63. The smallest absolute Gasteiger partial charge is 0.251 e. The second-order valence-corrected chi connectivity index (χ2v) is 10.8. The second-order valence-electron chi connectivity index (χ2n) is 7.93. The number of fused-ring (bicyclic) bond motifs is 1. The zero-order valence-corrected chi connectivity index (χ0v) is 20.5. The highest BCUT2D eigenvalue weighted by molar-refractivity contribution is 7.98. The van der Waals surface area contributed by atoms with Crippen molar-refractivity contribution in [2.75, 3.05) is 26.3 Å². The van der Waals surface area contributed by atoms with Gasteiger partial charge in [0.05, 0.1) is 34.9 Å². The summed E-state index contributed by atoms with van der Waals surface area (Å²) >= 11 is 1.43. The van der Waals surface area contributed by atoms with Crippen LogP contribution < -0.4 is 5.56 Å². The van der Waals surface area contributed by atoms with Gasteiger partial charge in [0.25, 0.3) is 5.56 Å². The van der Waals surface area contributed by atoms with Gasteiger partial charge in [0, 0.05) is 31.4 Å². The van der Waals surface area contributed by atoms with Gasteiger partial charge < -0.3 is 14.3 Å². The van der Waals surface area contributed by atoms with Crippen LogP contribution in [0.2, 0.25) is 0 Å². The molecule has 2 aromatic heterocycles. The molecular formula is C22H29N5O4S2. The lowest BCUT2D eigenvalue weighted by Gasteiger charge is -2.26. The zero-order chi connectivity index (χ0) is 23.4. The molecule has 0 spiro atoms. The van der Waals surface area contributed by atoms with E-state index in [1.165, 1.54) is 22.1 Å². The van der Waals surface area contributed by atoms with E-state index in [9.17, 15) is 13.2 Å². The average molecular weight is 492 g/mol. The fraction of sp³-hybridized carbons (Fsp3) is 0.500. The third-order valence-corrected chi connectivity index (χ3v) is 8.23. The number of sulfonamides is 1. The van der Waals surface area contributed by atoms with Gasteiger partial charge in [-0.05, 0) is 31.0 Å². The Morgan fingerprint density at radius 1 is 1.12 bits per heavy atom. The van der Waals surface area contributed by atoms with Crippen LogP contribution in [-0.2, 0) is 33.5 Å². The molecule has 0 aliphatic carbocycles. The van der Waals surface area contributed by atoms with E-state index < -0.39 is 10.0 Å². The highest BCUT2D eigenvalue weighted by atomic mass is 32.2. The van der Waals surface area contributed by atoms with Crippen LogP contribution in [0.25, 0.3) is 11.0 Å². The number of nitrogens with one attached hydrogen (secondary N) is 1. The van der Waals surface area contributed by atoms with Gasteiger partial charge in [-0.15, -0.1) is 0 Å². The summed E-state index contributed by atoms with van der Waals surface area (Å²) in [4.78, 5) is 24.3. The summed E-state index contributed by atoms with van der Waals surface area (Å²) in [5.41, 5.74) is 2.17. The predicted molar refractivity (Wildman–Crippen MR) is 128 cm³/mol. The lowest BCUT2D eigenvalue weighted by molar-refractivity contribution is 0.0730. The number of ether oxygens (including phenoxy) is 1. The van der Waals surface area contributed by atoms with Crippen LogP contribution in [0.3, 0.4) is 0 Å². The number of aromatic amines is 1. The highest BCUT2D eigenvalue weighted by Gasteiger charge is 2.27. The normalized spacial score (nSPS) is 15.3. The molecule has 1 aliphatic rings. The topological polar surface area (TPSA) is 110 Å². The standard InChI is InChI=1S/C22H29N5O4S2/c1-3-5-16-13-21(28)25-22(23-16)32-15-20-24-18-14-17(6-7-19(18)27(20)8-4-2)33(29,30)26-9-11-31-12-10-26/h6-7,13-14H,3-5,8-12,15H2,1-2H3,(H,23,25,28). The minimum absolute atomic E-state index is 0.157. The SMILES string of the molecule is CCCc1cc(=O)[nH]c(SCc2nc3cc(S(=O)(=O)N4CCOCC4)ccc3n2CCC)n1. The highest BCUT2D eigenvalue weighted by Crippen LogP contribution is 2.26. The van der Waals surface area contributed by atoms with Gasteiger partial charge in [-0.3, -0.25) is 4.79 Å². The quantitative estimate of drug-likeness (QED) is 0.362. The lowest BCUT2D eigenvalue weighted by Crippen LogP contribution is -2.40. The number of aryl methyl sites for hydroxylation is 2. The van der Waals surface area contributed by atoms with Gasteiger partial charge in [0.2, 0.25) is 10.0 Å². The van der Waals surface area contributed by atoms with Gasteiger partial charge >= 0.3 is 0 Å². The van der Waals surface area contributed by atoms with E-state index in [-0.39, 0.29) is 10.5 Å². The predicted octanol–water partition coefficient (Wildman–Crippen LogP) is 2.80. The molecule has 1 N–H and O–H groups in total. The van der Waals surface area contributed by atoms with Gasteiger partial charge in [-0.1, -0.05) is 32.0 Å². The first-order chi connectivity index (χ1) is 15.9. The van der Waals surface area contributed by atoms with Crippen LogP contribution in [0.1, 0.15) is 38.2 Å². The maximum Gasteiger partial charge on any atom is 0.251 e. The summed E-state index contributed by atoms with van der Waals surface area (Å²) < 4.78 is 35.0. The molecule has 0 saturated carbocycles. The van der Waals surface area contributed by atoms with Crippen LogP contribution in [-0.4, -0.2) is 58.5 Å². The molecule has 1 aliphatic heterocycles. The molecule has 4 rings (SSSR count). The van der Waals surface area contributed by atoms with E-state index in [4.69, 9.17) is 9.72 Å². The Hall–Kier alpha value is -2.21. The Morgan fingerprint density at radius 2 is 1.91 bits per heavy atom. The number of rotatable bonds is 9. The van der Waals surface area contributed by atoms with Crippen molar-refractivity contribution >= 4 is 32.8 Å². The molecule has 178 valence electrons. The monoisotopic (exact) mass is 491 g/mol. The third kappa shape index (κ3) is 5.32. The maximum absolute atomic E-state index is 13.1. The molecule has 0 atom stereocenters. The first-order valence-electron chi connectivity index (χ1n) is 11.2. The van der Waals surface area contributed by atoms with E-state index in [0.29, 0.717) is 42.7 Å². The molecule has 1 saturated heterocycles. The molecule has 3 aromatic rings. The van der Waals surface area contributed by atoms with Crippen LogP contribution in [0.5, 0.6) is 0 Å².